The summed E-state index contributed by atoms with van der Waals surface area (Å²) in [5.74, 6) is -0.111. The topological polar surface area (TPSA) is 62.3 Å². The zero-order valence-electron chi connectivity index (χ0n) is 9.86. The van der Waals surface area contributed by atoms with Crippen molar-refractivity contribution in [2.75, 3.05) is 0 Å². The minimum atomic E-state index is -0.842. The molecule has 1 heterocycles. The number of aromatic nitrogens is 1. The van der Waals surface area contributed by atoms with Gasteiger partial charge in [0, 0.05) is 17.1 Å². The summed E-state index contributed by atoms with van der Waals surface area (Å²) >= 11 is 0. The molecule has 4 nitrogen and oxygen atoms in total. The molecule has 0 amide bonds. The first-order chi connectivity index (χ1) is 8.08. The van der Waals surface area contributed by atoms with Gasteiger partial charge in [-0.15, -0.1) is 0 Å². The molecular formula is C13H15NO3. The van der Waals surface area contributed by atoms with Crippen molar-refractivity contribution in [2.45, 2.75) is 26.4 Å². The maximum atomic E-state index is 10.8. The number of carbonyl (C=O) groups is 1. The maximum Gasteiger partial charge on any atom is 0.307 e. The van der Waals surface area contributed by atoms with E-state index < -0.39 is 5.97 Å². The number of carboxylic acid groups (broad SMARTS) is 1. The molecule has 0 bridgehead atoms. The van der Waals surface area contributed by atoms with Crippen LogP contribution in [0.3, 0.4) is 0 Å². The van der Waals surface area contributed by atoms with E-state index >= 15 is 0 Å². The lowest BCUT2D eigenvalue weighted by Gasteiger charge is -2.11. The zero-order valence-corrected chi connectivity index (χ0v) is 9.86. The van der Waals surface area contributed by atoms with Crippen molar-refractivity contribution in [3.8, 4) is 5.75 Å². The maximum absolute atomic E-state index is 10.8. The molecule has 0 radical (unpaired) electrons. The molecule has 90 valence electrons. The van der Waals surface area contributed by atoms with Crippen LogP contribution in [0.15, 0.2) is 24.4 Å². The first-order valence-electron chi connectivity index (χ1n) is 5.55. The third-order valence-electron chi connectivity index (χ3n) is 2.45. The molecule has 4 heteroatoms. The van der Waals surface area contributed by atoms with Gasteiger partial charge in [-0.1, -0.05) is 6.07 Å². The first-order valence-corrected chi connectivity index (χ1v) is 5.55. The van der Waals surface area contributed by atoms with E-state index in [9.17, 15) is 4.79 Å². The van der Waals surface area contributed by atoms with E-state index in [1.807, 2.05) is 32.0 Å². The minimum Gasteiger partial charge on any atom is -0.490 e. The molecule has 0 unspecified atom stereocenters. The van der Waals surface area contributed by atoms with Crippen LogP contribution in [-0.4, -0.2) is 22.2 Å². The van der Waals surface area contributed by atoms with Crippen LogP contribution in [0.1, 0.15) is 19.4 Å². The summed E-state index contributed by atoms with van der Waals surface area (Å²) in [6, 6.07) is 5.66. The molecule has 0 aliphatic carbocycles. The first kappa shape index (κ1) is 11.5. The molecule has 0 aliphatic heterocycles. The molecule has 2 N–H and O–H groups in total. The average molecular weight is 233 g/mol. The van der Waals surface area contributed by atoms with Crippen LogP contribution in [0.25, 0.3) is 10.9 Å². The third-order valence-corrected chi connectivity index (χ3v) is 2.45. The van der Waals surface area contributed by atoms with Gasteiger partial charge in [-0.05, 0) is 31.5 Å². The van der Waals surface area contributed by atoms with Gasteiger partial charge in [0.05, 0.1) is 12.5 Å². The van der Waals surface area contributed by atoms with Gasteiger partial charge in [0.25, 0.3) is 0 Å². The van der Waals surface area contributed by atoms with Crippen molar-refractivity contribution in [1.82, 2.24) is 4.98 Å². The standard InChI is InChI=1S/C13H15NO3/c1-8(2)17-11-5-3-4-10-13(11)9(7-14-10)6-12(15)16/h3-5,7-8,14H,6H2,1-2H3,(H,15,16). The summed E-state index contributed by atoms with van der Waals surface area (Å²) in [6.45, 7) is 3.89. The van der Waals surface area contributed by atoms with E-state index in [0.29, 0.717) is 0 Å². The smallest absolute Gasteiger partial charge is 0.307 e. The van der Waals surface area contributed by atoms with Gasteiger partial charge in [-0.25, -0.2) is 0 Å². The molecule has 0 saturated carbocycles. The largest absolute Gasteiger partial charge is 0.490 e. The average Bonchev–Trinajstić information content (AvgIpc) is 2.61. The number of aromatic amines is 1. The highest BCUT2D eigenvalue weighted by atomic mass is 16.5. The second kappa shape index (κ2) is 4.49. The Morgan fingerprint density at radius 1 is 1.47 bits per heavy atom. The Morgan fingerprint density at radius 2 is 2.24 bits per heavy atom. The highest BCUT2D eigenvalue weighted by Gasteiger charge is 2.12. The third kappa shape index (κ3) is 2.41. The molecule has 1 aromatic heterocycles. The van der Waals surface area contributed by atoms with Crippen LogP contribution in [0.5, 0.6) is 5.75 Å². The Balaban J connectivity index is 2.51. The Hall–Kier alpha value is -1.97. The monoisotopic (exact) mass is 233 g/mol. The number of nitrogens with one attached hydrogen (secondary N) is 1. The normalized spacial score (nSPS) is 11.0. The van der Waals surface area contributed by atoms with Crippen molar-refractivity contribution in [1.29, 1.82) is 0 Å². The molecule has 0 saturated heterocycles. The number of carboxylic acids is 1. The molecule has 0 aliphatic rings. The van der Waals surface area contributed by atoms with E-state index in [1.165, 1.54) is 0 Å². The molecule has 1 aromatic carbocycles. The fraction of sp³-hybridized carbons (Fsp3) is 0.308. The number of fused-ring (bicyclic) bond motifs is 1. The summed E-state index contributed by atoms with van der Waals surface area (Å²) in [7, 11) is 0. The summed E-state index contributed by atoms with van der Waals surface area (Å²) < 4.78 is 5.70. The van der Waals surface area contributed by atoms with Crippen molar-refractivity contribution in [3.63, 3.8) is 0 Å². The van der Waals surface area contributed by atoms with Crippen LogP contribution in [0.2, 0.25) is 0 Å². The minimum absolute atomic E-state index is 0.00152. The Kier molecular flexibility index (Phi) is 3.04. The molecule has 2 rings (SSSR count). The zero-order chi connectivity index (χ0) is 12.4. The number of hydrogen-bond acceptors (Lipinski definition) is 2. The summed E-state index contributed by atoms with van der Waals surface area (Å²) in [6.07, 6.45) is 1.79. The van der Waals surface area contributed by atoms with Crippen LogP contribution < -0.4 is 4.74 Å². The predicted octanol–water partition coefficient (Wildman–Crippen LogP) is 2.58. The van der Waals surface area contributed by atoms with Gasteiger partial charge in [-0.2, -0.15) is 0 Å². The fourth-order valence-corrected chi connectivity index (χ4v) is 1.87. The molecule has 0 fully saturated rings. The summed E-state index contributed by atoms with van der Waals surface area (Å²) in [5.41, 5.74) is 1.66. The van der Waals surface area contributed by atoms with E-state index in [-0.39, 0.29) is 12.5 Å². The van der Waals surface area contributed by atoms with Crippen molar-refractivity contribution in [3.05, 3.63) is 30.0 Å². The summed E-state index contributed by atoms with van der Waals surface area (Å²) in [5, 5.41) is 9.73. The lowest BCUT2D eigenvalue weighted by molar-refractivity contribution is -0.136. The Bertz CT molecular complexity index is 543. The molecule has 0 spiro atoms. The van der Waals surface area contributed by atoms with Crippen molar-refractivity contribution in [2.24, 2.45) is 0 Å². The van der Waals surface area contributed by atoms with E-state index in [0.717, 1.165) is 22.2 Å². The second-order valence-electron chi connectivity index (χ2n) is 4.23. The van der Waals surface area contributed by atoms with Crippen molar-refractivity contribution < 1.29 is 14.6 Å². The van der Waals surface area contributed by atoms with Crippen LogP contribution >= 0.6 is 0 Å². The number of rotatable bonds is 4. The highest BCUT2D eigenvalue weighted by Crippen LogP contribution is 2.29. The van der Waals surface area contributed by atoms with Gasteiger partial charge in [-0.3, -0.25) is 4.79 Å². The molecule has 2 aromatic rings. The number of benzene rings is 1. The van der Waals surface area contributed by atoms with Gasteiger partial charge in [0.15, 0.2) is 0 Å². The molecule has 17 heavy (non-hydrogen) atoms. The quantitative estimate of drug-likeness (QED) is 0.853. The number of hydrogen-bond donors (Lipinski definition) is 2. The van der Waals surface area contributed by atoms with Crippen molar-refractivity contribution >= 4 is 16.9 Å². The highest BCUT2D eigenvalue weighted by molar-refractivity contribution is 5.91. The number of ether oxygens (including phenoxy) is 1. The van der Waals surface area contributed by atoms with Gasteiger partial charge < -0.3 is 14.8 Å². The van der Waals surface area contributed by atoms with Gasteiger partial charge in [0.2, 0.25) is 0 Å². The number of H-pyrrole nitrogens is 1. The number of aliphatic carboxylic acids is 1. The van der Waals surface area contributed by atoms with Gasteiger partial charge in [0.1, 0.15) is 5.75 Å². The summed E-state index contributed by atoms with van der Waals surface area (Å²) in [4.78, 5) is 13.9. The van der Waals surface area contributed by atoms with E-state index in [1.54, 1.807) is 6.20 Å². The van der Waals surface area contributed by atoms with E-state index in [2.05, 4.69) is 4.98 Å². The van der Waals surface area contributed by atoms with Crippen LogP contribution in [0, 0.1) is 0 Å². The Morgan fingerprint density at radius 3 is 2.88 bits per heavy atom. The SMILES string of the molecule is CC(C)Oc1cccc2[nH]cc(CC(=O)O)c12. The predicted molar refractivity (Wildman–Crippen MR) is 65.4 cm³/mol. The lowest BCUT2D eigenvalue weighted by atomic mass is 10.1. The fourth-order valence-electron chi connectivity index (χ4n) is 1.87. The van der Waals surface area contributed by atoms with Crippen LogP contribution in [0.4, 0.5) is 0 Å². The Labute approximate surface area is 99.2 Å². The lowest BCUT2D eigenvalue weighted by Crippen LogP contribution is -2.06. The van der Waals surface area contributed by atoms with Gasteiger partial charge >= 0.3 is 5.97 Å². The van der Waals surface area contributed by atoms with E-state index in [4.69, 9.17) is 9.84 Å². The molecular weight excluding hydrogens is 218 g/mol. The second-order valence-corrected chi connectivity index (χ2v) is 4.23. The van der Waals surface area contributed by atoms with Crippen LogP contribution in [-0.2, 0) is 11.2 Å². The molecule has 0 atom stereocenters.